The zero-order valence-corrected chi connectivity index (χ0v) is 18.1. The Morgan fingerprint density at radius 2 is 1.83 bits per heavy atom. The Balaban J connectivity index is 1.06. The van der Waals surface area contributed by atoms with Crippen molar-refractivity contribution in [1.82, 2.24) is 9.88 Å². The molecule has 1 aromatic heterocycles. The molecule has 2 saturated heterocycles. The van der Waals surface area contributed by atoms with Gasteiger partial charge < -0.3 is 14.4 Å². The maximum Gasteiger partial charge on any atom is 0.229 e. The fraction of sp³-hybridized carbons (Fsp3) is 0.760. The molecule has 0 N–H and O–H groups in total. The summed E-state index contributed by atoms with van der Waals surface area (Å²) in [6.07, 6.45) is 9.61. The summed E-state index contributed by atoms with van der Waals surface area (Å²) in [5, 5.41) is 0. The number of pyridine rings is 1. The predicted octanol–water partition coefficient (Wildman–Crippen LogP) is 3.88. The van der Waals surface area contributed by atoms with Crippen molar-refractivity contribution in [2.75, 3.05) is 19.7 Å². The van der Waals surface area contributed by atoms with Crippen molar-refractivity contribution in [2.45, 2.75) is 76.6 Å². The van der Waals surface area contributed by atoms with Crippen LogP contribution in [0.15, 0.2) is 18.2 Å². The average molecular weight is 411 g/mol. The number of carbonyl (C=O) groups is 1. The van der Waals surface area contributed by atoms with Gasteiger partial charge in [0.2, 0.25) is 5.91 Å². The first kappa shape index (κ1) is 19.2. The lowest BCUT2D eigenvalue weighted by Crippen LogP contribution is -2.70. The molecule has 4 saturated carbocycles. The number of ether oxygens (including phenoxy) is 2. The van der Waals surface area contributed by atoms with E-state index in [1.807, 2.05) is 25.1 Å². The molecule has 30 heavy (non-hydrogen) atoms. The summed E-state index contributed by atoms with van der Waals surface area (Å²) < 4.78 is 12.4. The molecule has 1 aromatic rings. The topological polar surface area (TPSA) is 51.7 Å². The van der Waals surface area contributed by atoms with Gasteiger partial charge in [0.05, 0.1) is 36.9 Å². The first-order valence-corrected chi connectivity index (χ1v) is 12.0. The maximum absolute atomic E-state index is 13.6. The van der Waals surface area contributed by atoms with E-state index >= 15 is 0 Å². The van der Waals surface area contributed by atoms with E-state index in [0.717, 1.165) is 80.9 Å². The number of hydrogen-bond acceptors (Lipinski definition) is 4. The van der Waals surface area contributed by atoms with Gasteiger partial charge in [0.15, 0.2) is 0 Å². The smallest absolute Gasteiger partial charge is 0.229 e. The van der Waals surface area contributed by atoms with Gasteiger partial charge in [0, 0.05) is 18.7 Å². The van der Waals surface area contributed by atoms with Gasteiger partial charge in [0.1, 0.15) is 5.60 Å². The van der Waals surface area contributed by atoms with Gasteiger partial charge >= 0.3 is 0 Å². The molecule has 0 radical (unpaired) electrons. The highest BCUT2D eigenvalue weighted by Gasteiger charge is 2.59. The molecule has 6 fully saturated rings. The first-order chi connectivity index (χ1) is 14.5. The number of nitrogens with zero attached hydrogens (tertiary/aromatic N) is 2. The third-order valence-electron chi connectivity index (χ3n) is 8.60. The molecule has 0 unspecified atom stereocenters. The van der Waals surface area contributed by atoms with Crippen molar-refractivity contribution in [3.63, 3.8) is 0 Å². The summed E-state index contributed by atoms with van der Waals surface area (Å²) >= 11 is 0. The van der Waals surface area contributed by atoms with Crippen molar-refractivity contribution in [1.29, 1.82) is 0 Å². The minimum Gasteiger partial charge on any atom is -0.372 e. The molecule has 4 aliphatic carbocycles. The number of aryl methyl sites for hydroxylation is 1. The predicted molar refractivity (Wildman–Crippen MR) is 113 cm³/mol. The van der Waals surface area contributed by atoms with Gasteiger partial charge in [-0.05, 0) is 81.8 Å². The number of likely N-dealkylation sites (tertiary alicyclic amines) is 1. The highest BCUT2D eigenvalue weighted by molar-refractivity contribution is 5.84. The lowest BCUT2D eigenvalue weighted by molar-refractivity contribution is -0.212. The standard InChI is InChI=1S/C25H34N2O3/c1-17-3-2-4-21(26-17)14-29-22-5-6-30-25(13-22)15-27(16-25)23(28)24-10-18-7-19(11-24)9-20(8-18)12-24/h2-4,18-20,22H,5-16H2,1H3/t18?,19?,20?,22-,24?/m0/s1. The van der Waals surface area contributed by atoms with Gasteiger partial charge in [-0.3, -0.25) is 9.78 Å². The van der Waals surface area contributed by atoms with Gasteiger partial charge in [0.25, 0.3) is 0 Å². The highest BCUT2D eigenvalue weighted by atomic mass is 16.5. The average Bonchev–Trinajstić information content (AvgIpc) is 2.69. The fourth-order valence-electron chi connectivity index (χ4n) is 7.73. The summed E-state index contributed by atoms with van der Waals surface area (Å²) in [7, 11) is 0. The van der Waals surface area contributed by atoms with Crippen LogP contribution < -0.4 is 0 Å². The van der Waals surface area contributed by atoms with E-state index in [9.17, 15) is 4.79 Å². The molecule has 1 amide bonds. The number of hydrogen-bond donors (Lipinski definition) is 0. The van der Waals surface area contributed by atoms with Crippen LogP contribution in [0.1, 0.15) is 62.8 Å². The van der Waals surface area contributed by atoms with Crippen molar-refractivity contribution in [2.24, 2.45) is 23.2 Å². The maximum atomic E-state index is 13.6. The molecular formula is C25H34N2O3. The monoisotopic (exact) mass is 410 g/mol. The lowest BCUT2D eigenvalue weighted by Gasteiger charge is -2.60. The molecule has 3 heterocycles. The van der Waals surface area contributed by atoms with Crippen LogP contribution in [0.5, 0.6) is 0 Å². The Kier molecular flexibility index (Phi) is 4.51. The molecule has 0 aromatic carbocycles. The third kappa shape index (κ3) is 3.29. The summed E-state index contributed by atoms with van der Waals surface area (Å²) in [4.78, 5) is 20.2. The van der Waals surface area contributed by atoms with Crippen LogP contribution in [0.25, 0.3) is 0 Å². The number of carbonyl (C=O) groups excluding carboxylic acids is 1. The Bertz CT molecular complexity index is 796. The van der Waals surface area contributed by atoms with E-state index < -0.39 is 0 Å². The van der Waals surface area contributed by atoms with Crippen LogP contribution in [-0.2, 0) is 20.9 Å². The van der Waals surface area contributed by atoms with Crippen LogP contribution in [-0.4, -0.2) is 47.2 Å². The summed E-state index contributed by atoms with van der Waals surface area (Å²) in [5.41, 5.74) is 1.80. The fourth-order valence-corrected chi connectivity index (χ4v) is 7.73. The van der Waals surface area contributed by atoms with E-state index in [2.05, 4.69) is 9.88 Å². The van der Waals surface area contributed by atoms with Gasteiger partial charge in [-0.1, -0.05) is 6.07 Å². The zero-order valence-electron chi connectivity index (χ0n) is 18.1. The summed E-state index contributed by atoms with van der Waals surface area (Å²) in [6.45, 7) is 4.81. The van der Waals surface area contributed by atoms with E-state index in [0.29, 0.717) is 12.5 Å². The minimum atomic E-state index is -0.180. The van der Waals surface area contributed by atoms with E-state index in [-0.39, 0.29) is 17.1 Å². The number of amides is 1. The molecular weight excluding hydrogens is 376 g/mol. The quantitative estimate of drug-likeness (QED) is 0.756. The molecule has 5 heteroatoms. The Morgan fingerprint density at radius 3 is 2.50 bits per heavy atom. The van der Waals surface area contributed by atoms with Gasteiger partial charge in [-0.15, -0.1) is 0 Å². The summed E-state index contributed by atoms with van der Waals surface area (Å²) in [5.74, 6) is 2.89. The molecule has 4 bridgehead atoms. The Morgan fingerprint density at radius 1 is 1.13 bits per heavy atom. The number of rotatable bonds is 4. The molecule has 5 nitrogen and oxygen atoms in total. The Hall–Kier alpha value is -1.46. The summed E-state index contributed by atoms with van der Waals surface area (Å²) in [6, 6.07) is 6.07. The van der Waals surface area contributed by atoms with E-state index in [1.54, 1.807) is 0 Å². The second-order valence-corrected chi connectivity index (χ2v) is 11.1. The second kappa shape index (κ2) is 7.03. The van der Waals surface area contributed by atoms with Crippen LogP contribution in [0.4, 0.5) is 0 Å². The van der Waals surface area contributed by atoms with Crippen LogP contribution >= 0.6 is 0 Å². The molecule has 1 atom stereocenters. The first-order valence-electron chi connectivity index (χ1n) is 12.0. The molecule has 6 aliphatic rings. The normalized spacial score (nSPS) is 38.6. The molecule has 1 spiro atoms. The third-order valence-corrected chi connectivity index (χ3v) is 8.60. The largest absolute Gasteiger partial charge is 0.372 e. The zero-order chi connectivity index (χ0) is 20.3. The van der Waals surface area contributed by atoms with E-state index in [4.69, 9.17) is 9.47 Å². The van der Waals surface area contributed by atoms with Crippen LogP contribution in [0, 0.1) is 30.1 Å². The van der Waals surface area contributed by atoms with Gasteiger partial charge in [-0.2, -0.15) is 0 Å². The van der Waals surface area contributed by atoms with E-state index in [1.165, 1.54) is 19.3 Å². The molecule has 162 valence electrons. The Labute approximate surface area is 179 Å². The van der Waals surface area contributed by atoms with Crippen LogP contribution in [0.2, 0.25) is 0 Å². The molecule has 7 rings (SSSR count). The van der Waals surface area contributed by atoms with Crippen molar-refractivity contribution < 1.29 is 14.3 Å². The number of aromatic nitrogens is 1. The van der Waals surface area contributed by atoms with Crippen molar-refractivity contribution >= 4 is 5.91 Å². The van der Waals surface area contributed by atoms with Gasteiger partial charge in [-0.25, -0.2) is 0 Å². The van der Waals surface area contributed by atoms with Crippen molar-refractivity contribution in [3.05, 3.63) is 29.6 Å². The SMILES string of the molecule is Cc1cccc(CO[C@H]2CCOC3(C2)CN(C(=O)C24CC5CC(CC(C5)C2)C4)C3)n1. The van der Waals surface area contributed by atoms with Crippen molar-refractivity contribution in [3.8, 4) is 0 Å². The molecule has 2 aliphatic heterocycles. The minimum absolute atomic E-state index is 0.0300. The van der Waals surface area contributed by atoms with Crippen LogP contribution in [0.3, 0.4) is 0 Å². The second-order valence-electron chi connectivity index (χ2n) is 11.1. The lowest BCUT2D eigenvalue weighted by atomic mass is 9.49. The highest BCUT2D eigenvalue weighted by Crippen LogP contribution is 2.61.